The molecule has 20 heavy (non-hydrogen) atoms. The first-order chi connectivity index (χ1) is 9.65. The van der Waals surface area contributed by atoms with E-state index in [-0.39, 0.29) is 5.91 Å². The number of nitrogens with one attached hydrogen (secondary N) is 1. The zero-order valence-corrected chi connectivity index (χ0v) is 13.1. The fraction of sp³-hybridized carbons (Fsp3) is 0.308. The van der Waals surface area contributed by atoms with Gasteiger partial charge in [-0.25, -0.2) is 5.01 Å². The Labute approximate surface area is 128 Å². The molecule has 1 saturated heterocycles. The molecule has 3 rings (SSSR count). The number of carbonyl (C=O) groups is 1. The number of hydrogen-bond donors (Lipinski definition) is 2. The average molecular weight is 356 g/mol. The van der Waals surface area contributed by atoms with Crippen LogP contribution in [0.25, 0.3) is 10.1 Å². The first kappa shape index (κ1) is 13.8. The van der Waals surface area contributed by atoms with E-state index in [4.69, 9.17) is 10.5 Å². The summed E-state index contributed by atoms with van der Waals surface area (Å²) in [6.45, 7) is 2.66. The van der Waals surface area contributed by atoms with Gasteiger partial charge in [-0.05, 0) is 12.1 Å². The number of benzene rings is 1. The lowest BCUT2D eigenvalue weighted by atomic mass is 10.2. The van der Waals surface area contributed by atoms with Gasteiger partial charge in [-0.3, -0.25) is 10.2 Å². The van der Waals surface area contributed by atoms with Crippen LogP contribution in [0.1, 0.15) is 9.67 Å². The number of nitrogens with two attached hydrogens (primary N) is 1. The fourth-order valence-corrected chi connectivity index (χ4v) is 3.69. The minimum absolute atomic E-state index is 0.151. The molecule has 0 aliphatic carbocycles. The van der Waals surface area contributed by atoms with E-state index in [1.165, 1.54) is 11.3 Å². The van der Waals surface area contributed by atoms with E-state index in [9.17, 15) is 4.79 Å². The van der Waals surface area contributed by atoms with Crippen LogP contribution in [0, 0.1) is 0 Å². The molecular formula is C13H14BrN3O2S. The molecule has 2 aromatic rings. The number of hydrazine groups is 1. The number of ether oxygens (including phenoxy) is 1. The summed E-state index contributed by atoms with van der Waals surface area (Å²) in [6.07, 6.45) is 0. The van der Waals surface area contributed by atoms with Crippen LogP contribution in [-0.2, 0) is 4.74 Å². The molecule has 1 aromatic carbocycles. The van der Waals surface area contributed by atoms with Gasteiger partial charge in [0.2, 0.25) is 0 Å². The predicted octanol–water partition coefficient (Wildman–Crippen LogP) is 2.22. The van der Waals surface area contributed by atoms with Crippen molar-refractivity contribution in [2.75, 3.05) is 32.0 Å². The van der Waals surface area contributed by atoms with Gasteiger partial charge in [0.25, 0.3) is 5.91 Å². The second-order valence-corrected chi connectivity index (χ2v) is 6.49. The summed E-state index contributed by atoms with van der Waals surface area (Å²) in [4.78, 5) is 12.9. The Morgan fingerprint density at radius 1 is 1.40 bits per heavy atom. The largest absolute Gasteiger partial charge is 0.397 e. The average Bonchev–Trinajstić information content (AvgIpc) is 2.76. The minimum Gasteiger partial charge on any atom is -0.397 e. The third kappa shape index (κ3) is 2.67. The van der Waals surface area contributed by atoms with E-state index in [1.807, 2.05) is 23.2 Å². The zero-order valence-electron chi connectivity index (χ0n) is 10.7. The Balaban J connectivity index is 1.85. The van der Waals surface area contributed by atoms with Gasteiger partial charge in [0, 0.05) is 27.6 Å². The molecule has 0 unspecified atom stereocenters. The number of hydrogen-bond acceptors (Lipinski definition) is 5. The maximum absolute atomic E-state index is 12.3. The third-order valence-electron chi connectivity index (χ3n) is 3.17. The molecular weight excluding hydrogens is 342 g/mol. The highest BCUT2D eigenvalue weighted by Crippen LogP contribution is 2.35. The quantitative estimate of drug-likeness (QED) is 0.866. The number of carbonyl (C=O) groups excluding carboxylic acids is 1. The van der Waals surface area contributed by atoms with Crippen LogP contribution in [0.5, 0.6) is 0 Å². The van der Waals surface area contributed by atoms with Crippen molar-refractivity contribution >= 4 is 48.9 Å². The van der Waals surface area contributed by atoms with Crippen LogP contribution >= 0.6 is 27.3 Å². The maximum Gasteiger partial charge on any atom is 0.277 e. The molecule has 5 nitrogen and oxygen atoms in total. The van der Waals surface area contributed by atoms with E-state index in [1.54, 1.807) is 0 Å². The van der Waals surface area contributed by atoms with Crippen LogP contribution < -0.4 is 11.2 Å². The van der Waals surface area contributed by atoms with Crippen LogP contribution in [0.15, 0.2) is 22.7 Å². The molecule has 0 atom stereocenters. The minimum atomic E-state index is -0.151. The molecule has 0 radical (unpaired) electrons. The number of anilines is 1. The van der Waals surface area contributed by atoms with Gasteiger partial charge >= 0.3 is 0 Å². The van der Waals surface area contributed by atoms with Gasteiger partial charge < -0.3 is 10.5 Å². The number of nitrogen functional groups attached to an aromatic ring is 1. The number of nitrogens with zero attached hydrogens (tertiary/aromatic N) is 1. The summed E-state index contributed by atoms with van der Waals surface area (Å²) in [5.41, 5.74) is 9.52. The lowest BCUT2D eigenvalue weighted by Crippen LogP contribution is -2.48. The van der Waals surface area contributed by atoms with E-state index >= 15 is 0 Å². The second kappa shape index (κ2) is 5.69. The maximum atomic E-state index is 12.3. The van der Waals surface area contributed by atoms with Crippen molar-refractivity contribution in [2.45, 2.75) is 0 Å². The van der Waals surface area contributed by atoms with E-state index in [2.05, 4.69) is 21.4 Å². The third-order valence-corrected chi connectivity index (χ3v) is 4.83. The smallest absolute Gasteiger partial charge is 0.277 e. The Bertz CT molecular complexity index is 652. The highest BCUT2D eigenvalue weighted by Gasteiger charge is 2.19. The van der Waals surface area contributed by atoms with Crippen molar-refractivity contribution in [3.63, 3.8) is 0 Å². The van der Waals surface area contributed by atoms with Crippen molar-refractivity contribution in [3.8, 4) is 0 Å². The molecule has 7 heteroatoms. The van der Waals surface area contributed by atoms with Gasteiger partial charge in [-0.15, -0.1) is 11.3 Å². The molecule has 2 heterocycles. The van der Waals surface area contributed by atoms with Crippen molar-refractivity contribution in [2.24, 2.45) is 0 Å². The topological polar surface area (TPSA) is 67.6 Å². The van der Waals surface area contributed by atoms with Crippen molar-refractivity contribution < 1.29 is 9.53 Å². The zero-order chi connectivity index (χ0) is 14.1. The Morgan fingerprint density at radius 3 is 2.90 bits per heavy atom. The lowest BCUT2D eigenvalue weighted by molar-refractivity contribution is 0.0128. The van der Waals surface area contributed by atoms with Gasteiger partial charge in [-0.2, -0.15) is 0 Å². The van der Waals surface area contributed by atoms with Crippen molar-refractivity contribution in [1.82, 2.24) is 10.4 Å². The molecule has 1 fully saturated rings. The molecule has 0 bridgehead atoms. The number of fused-ring (bicyclic) bond motifs is 1. The molecule has 0 spiro atoms. The highest BCUT2D eigenvalue weighted by atomic mass is 79.9. The summed E-state index contributed by atoms with van der Waals surface area (Å²) in [6, 6.07) is 5.83. The Morgan fingerprint density at radius 2 is 2.15 bits per heavy atom. The van der Waals surface area contributed by atoms with Crippen LogP contribution in [0.4, 0.5) is 5.69 Å². The van der Waals surface area contributed by atoms with Gasteiger partial charge in [0.15, 0.2) is 0 Å². The molecule has 1 aromatic heterocycles. The molecule has 1 amide bonds. The first-order valence-corrected chi connectivity index (χ1v) is 7.87. The SMILES string of the molecule is Nc1c(C(=O)NN2CCOCC2)sc2cc(Br)ccc12. The molecule has 0 saturated carbocycles. The fourth-order valence-electron chi connectivity index (χ4n) is 2.13. The van der Waals surface area contributed by atoms with E-state index in [0.29, 0.717) is 36.9 Å². The molecule has 106 valence electrons. The summed E-state index contributed by atoms with van der Waals surface area (Å²) < 4.78 is 7.23. The normalized spacial score (nSPS) is 16.4. The van der Waals surface area contributed by atoms with Crippen LogP contribution in [-0.4, -0.2) is 37.2 Å². The van der Waals surface area contributed by atoms with Gasteiger partial charge in [0.1, 0.15) is 4.88 Å². The van der Waals surface area contributed by atoms with E-state index in [0.717, 1.165) is 14.6 Å². The standard InChI is InChI=1S/C13H14BrN3O2S/c14-8-1-2-9-10(7-8)20-12(11(9)15)13(18)16-17-3-5-19-6-4-17/h1-2,7H,3-6,15H2,(H,16,18). The summed E-state index contributed by atoms with van der Waals surface area (Å²) in [7, 11) is 0. The van der Waals surface area contributed by atoms with Crippen molar-refractivity contribution in [3.05, 3.63) is 27.5 Å². The Kier molecular flexibility index (Phi) is 3.93. The summed E-state index contributed by atoms with van der Waals surface area (Å²) in [5.74, 6) is -0.151. The second-order valence-electron chi connectivity index (χ2n) is 4.53. The molecule has 3 N–H and O–H groups in total. The number of thiophene rings is 1. The lowest BCUT2D eigenvalue weighted by Gasteiger charge is -2.26. The van der Waals surface area contributed by atoms with Gasteiger partial charge in [-0.1, -0.05) is 22.0 Å². The number of rotatable bonds is 2. The number of morpholine rings is 1. The number of halogens is 1. The first-order valence-electron chi connectivity index (χ1n) is 6.26. The number of amides is 1. The van der Waals surface area contributed by atoms with Gasteiger partial charge in [0.05, 0.1) is 18.9 Å². The van der Waals surface area contributed by atoms with Crippen LogP contribution in [0.2, 0.25) is 0 Å². The summed E-state index contributed by atoms with van der Waals surface area (Å²) >= 11 is 4.84. The van der Waals surface area contributed by atoms with Crippen LogP contribution in [0.3, 0.4) is 0 Å². The predicted molar refractivity (Wildman–Crippen MR) is 83.8 cm³/mol. The Hall–Kier alpha value is -1.15. The van der Waals surface area contributed by atoms with E-state index < -0.39 is 0 Å². The molecule has 1 aliphatic rings. The highest BCUT2D eigenvalue weighted by molar-refractivity contribution is 9.10. The summed E-state index contributed by atoms with van der Waals surface area (Å²) in [5, 5.41) is 2.79. The van der Waals surface area contributed by atoms with Crippen molar-refractivity contribution in [1.29, 1.82) is 0 Å². The molecule has 1 aliphatic heterocycles. The monoisotopic (exact) mass is 355 g/mol.